The van der Waals surface area contributed by atoms with Gasteiger partial charge in [-0.2, -0.15) is 0 Å². The van der Waals surface area contributed by atoms with Gasteiger partial charge in [-0.05, 0) is 59.6 Å². The van der Waals surface area contributed by atoms with E-state index in [0.717, 1.165) is 24.2 Å². The summed E-state index contributed by atoms with van der Waals surface area (Å²) in [5.41, 5.74) is 0.0988. The van der Waals surface area contributed by atoms with Gasteiger partial charge in [0.25, 0.3) is 0 Å². The minimum atomic E-state index is -0.523. The van der Waals surface area contributed by atoms with Crippen LogP contribution < -0.4 is 0 Å². The van der Waals surface area contributed by atoms with Crippen LogP contribution in [-0.2, 0) is 19.0 Å². The topological polar surface area (TPSA) is 44.8 Å². The lowest BCUT2D eigenvalue weighted by Crippen LogP contribution is -2.34. The van der Waals surface area contributed by atoms with E-state index in [1.807, 2.05) is 61.5 Å². The van der Waals surface area contributed by atoms with Crippen LogP contribution in [0.25, 0.3) is 0 Å². The first kappa shape index (κ1) is 23.7. The van der Waals surface area contributed by atoms with Crippen molar-refractivity contribution in [3.8, 4) is 0 Å². The van der Waals surface area contributed by atoms with Gasteiger partial charge in [-0.1, -0.05) is 20.4 Å². The molecule has 0 aliphatic rings. The fourth-order valence-electron chi connectivity index (χ4n) is 2.10. The SMILES string of the molecule is C=C(C)C(=CC)OCCC(C)(C)OCCC(C)(C)OC(=O)C(C)CC. The minimum Gasteiger partial charge on any atom is -0.494 e. The molecular weight excluding hydrogens is 316 g/mol. The number of hydrogen-bond acceptors (Lipinski definition) is 4. The summed E-state index contributed by atoms with van der Waals surface area (Å²) in [5.74, 6) is 0.621. The first-order valence-electron chi connectivity index (χ1n) is 9.26. The lowest BCUT2D eigenvalue weighted by atomic mass is 10.0. The normalized spacial score (nSPS) is 14.2. The van der Waals surface area contributed by atoms with Crippen molar-refractivity contribution in [1.82, 2.24) is 0 Å². The molecule has 0 saturated carbocycles. The molecule has 0 fully saturated rings. The lowest BCUT2D eigenvalue weighted by molar-refractivity contribution is -0.163. The second kappa shape index (κ2) is 10.6. The maximum Gasteiger partial charge on any atom is 0.309 e. The first-order valence-corrected chi connectivity index (χ1v) is 9.26. The zero-order chi connectivity index (χ0) is 19.7. The van der Waals surface area contributed by atoms with Gasteiger partial charge in [0, 0.05) is 12.8 Å². The Morgan fingerprint density at radius 3 is 2.16 bits per heavy atom. The van der Waals surface area contributed by atoms with Crippen molar-refractivity contribution in [2.75, 3.05) is 13.2 Å². The predicted octanol–water partition coefficient (Wildman–Crippen LogP) is 5.43. The first-order chi connectivity index (χ1) is 11.4. The fraction of sp³-hybridized carbons (Fsp3) is 0.762. The monoisotopic (exact) mass is 354 g/mol. The van der Waals surface area contributed by atoms with Crippen molar-refractivity contribution in [3.63, 3.8) is 0 Å². The molecule has 0 bridgehead atoms. The molecule has 25 heavy (non-hydrogen) atoms. The molecule has 0 heterocycles. The largest absolute Gasteiger partial charge is 0.494 e. The van der Waals surface area contributed by atoms with Gasteiger partial charge in [-0.25, -0.2) is 0 Å². The van der Waals surface area contributed by atoms with Gasteiger partial charge in [0.1, 0.15) is 11.4 Å². The number of hydrogen-bond donors (Lipinski definition) is 0. The molecule has 0 saturated heterocycles. The molecule has 0 aliphatic heterocycles. The second-order valence-electron chi connectivity index (χ2n) is 7.88. The van der Waals surface area contributed by atoms with E-state index in [0.29, 0.717) is 19.6 Å². The van der Waals surface area contributed by atoms with Crippen molar-refractivity contribution < 1.29 is 19.0 Å². The number of carbonyl (C=O) groups is 1. The van der Waals surface area contributed by atoms with Crippen molar-refractivity contribution in [2.45, 2.75) is 85.9 Å². The van der Waals surface area contributed by atoms with Gasteiger partial charge >= 0.3 is 5.97 Å². The summed E-state index contributed by atoms with van der Waals surface area (Å²) in [6, 6.07) is 0. The zero-order valence-corrected chi connectivity index (χ0v) is 17.5. The van der Waals surface area contributed by atoms with Crippen LogP contribution in [-0.4, -0.2) is 30.4 Å². The standard InChI is InChI=1S/C21H38O4/c1-10-17(5)19(22)25-21(8,9)13-15-24-20(6,7)12-14-23-18(11-2)16(3)4/h11,17H,3,10,12-15H2,1-2,4-9H3. The minimum absolute atomic E-state index is 0.0667. The van der Waals surface area contributed by atoms with Crippen LogP contribution >= 0.6 is 0 Å². The Hall–Kier alpha value is -1.29. The van der Waals surface area contributed by atoms with Crippen molar-refractivity contribution in [1.29, 1.82) is 0 Å². The Balaban J connectivity index is 4.27. The van der Waals surface area contributed by atoms with Crippen LogP contribution in [0.2, 0.25) is 0 Å². The average molecular weight is 355 g/mol. The number of allylic oxidation sites excluding steroid dienone is 2. The Kier molecular flexibility index (Phi) is 10.1. The lowest BCUT2D eigenvalue weighted by Gasteiger charge is -2.30. The molecule has 4 nitrogen and oxygen atoms in total. The van der Waals surface area contributed by atoms with Crippen LogP contribution in [0, 0.1) is 5.92 Å². The van der Waals surface area contributed by atoms with Gasteiger partial charge in [0.2, 0.25) is 0 Å². The number of carbonyl (C=O) groups excluding carboxylic acids is 1. The van der Waals surface area contributed by atoms with Gasteiger partial charge in [0.15, 0.2) is 0 Å². The summed E-state index contributed by atoms with van der Waals surface area (Å²) in [4.78, 5) is 11.9. The highest BCUT2D eigenvalue weighted by Gasteiger charge is 2.27. The molecule has 0 aromatic heterocycles. The van der Waals surface area contributed by atoms with E-state index in [9.17, 15) is 4.79 Å². The summed E-state index contributed by atoms with van der Waals surface area (Å²) in [7, 11) is 0. The molecule has 0 aromatic carbocycles. The third kappa shape index (κ3) is 10.3. The number of esters is 1. The molecule has 146 valence electrons. The highest BCUT2D eigenvalue weighted by molar-refractivity contribution is 5.72. The Morgan fingerprint density at radius 1 is 1.12 bits per heavy atom. The second-order valence-corrected chi connectivity index (χ2v) is 7.88. The summed E-state index contributed by atoms with van der Waals surface area (Å²) < 4.78 is 17.3. The number of rotatable bonds is 12. The summed E-state index contributed by atoms with van der Waals surface area (Å²) in [6.45, 7) is 20.7. The van der Waals surface area contributed by atoms with Crippen LogP contribution in [0.5, 0.6) is 0 Å². The molecule has 0 radical (unpaired) electrons. The Bertz CT molecular complexity index is 461. The van der Waals surface area contributed by atoms with E-state index >= 15 is 0 Å². The van der Waals surface area contributed by atoms with Gasteiger partial charge in [-0.15, -0.1) is 0 Å². The van der Waals surface area contributed by atoms with E-state index < -0.39 is 5.60 Å². The third-order valence-electron chi connectivity index (χ3n) is 4.23. The smallest absolute Gasteiger partial charge is 0.309 e. The van der Waals surface area contributed by atoms with Gasteiger partial charge < -0.3 is 14.2 Å². The van der Waals surface area contributed by atoms with Crippen LogP contribution in [0.15, 0.2) is 24.0 Å². The van der Waals surface area contributed by atoms with Crippen molar-refractivity contribution >= 4 is 5.97 Å². The molecule has 1 unspecified atom stereocenters. The molecule has 0 amide bonds. The Labute approximate surface area is 154 Å². The van der Waals surface area contributed by atoms with Gasteiger partial charge in [-0.3, -0.25) is 4.79 Å². The molecule has 1 atom stereocenters. The third-order valence-corrected chi connectivity index (χ3v) is 4.23. The maximum atomic E-state index is 11.9. The van der Waals surface area contributed by atoms with E-state index in [4.69, 9.17) is 14.2 Å². The molecule has 0 aliphatic carbocycles. The van der Waals surface area contributed by atoms with Crippen molar-refractivity contribution in [2.24, 2.45) is 5.92 Å². The van der Waals surface area contributed by atoms with Crippen molar-refractivity contribution in [3.05, 3.63) is 24.0 Å². The summed E-state index contributed by atoms with van der Waals surface area (Å²) in [5, 5.41) is 0. The van der Waals surface area contributed by atoms with E-state index in [1.54, 1.807) is 0 Å². The fourth-order valence-corrected chi connectivity index (χ4v) is 2.10. The van der Waals surface area contributed by atoms with Crippen LogP contribution in [0.4, 0.5) is 0 Å². The van der Waals surface area contributed by atoms with Crippen LogP contribution in [0.3, 0.4) is 0 Å². The molecule has 0 rings (SSSR count). The molecule has 0 spiro atoms. The zero-order valence-electron chi connectivity index (χ0n) is 17.5. The highest BCUT2D eigenvalue weighted by atomic mass is 16.6. The summed E-state index contributed by atoms with van der Waals surface area (Å²) >= 11 is 0. The predicted molar refractivity (Wildman–Crippen MR) is 103 cm³/mol. The van der Waals surface area contributed by atoms with E-state index in [1.165, 1.54) is 0 Å². The highest BCUT2D eigenvalue weighted by Crippen LogP contribution is 2.22. The molecular formula is C21H38O4. The summed E-state index contributed by atoms with van der Waals surface area (Å²) in [6.07, 6.45) is 4.14. The molecule has 4 heteroatoms. The quantitative estimate of drug-likeness (QED) is 0.266. The van der Waals surface area contributed by atoms with E-state index in [2.05, 4.69) is 6.58 Å². The van der Waals surface area contributed by atoms with Gasteiger partial charge in [0.05, 0.1) is 24.7 Å². The van der Waals surface area contributed by atoms with Crippen LogP contribution in [0.1, 0.15) is 74.7 Å². The average Bonchev–Trinajstić information content (AvgIpc) is 2.49. The molecule has 0 N–H and O–H groups in total. The maximum absolute atomic E-state index is 11.9. The van der Waals surface area contributed by atoms with E-state index in [-0.39, 0.29) is 17.5 Å². The Morgan fingerprint density at radius 2 is 1.68 bits per heavy atom. The number of ether oxygens (including phenoxy) is 3. The molecule has 0 aromatic rings.